The fourth-order valence-electron chi connectivity index (χ4n) is 2.47. The van der Waals surface area contributed by atoms with Crippen LogP contribution in [-0.2, 0) is 16.1 Å². The molecule has 22 heavy (non-hydrogen) atoms. The minimum Gasteiger partial charge on any atom is -0.481 e. The van der Waals surface area contributed by atoms with E-state index in [1.807, 2.05) is 4.90 Å². The van der Waals surface area contributed by atoms with Crippen molar-refractivity contribution in [1.82, 2.24) is 19.8 Å². The van der Waals surface area contributed by atoms with Crippen molar-refractivity contribution in [3.8, 4) is 0 Å². The Morgan fingerprint density at radius 3 is 2.59 bits per heavy atom. The van der Waals surface area contributed by atoms with Gasteiger partial charge < -0.3 is 15.1 Å². The van der Waals surface area contributed by atoms with Crippen LogP contribution in [0.15, 0.2) is 18.5 Å². The number of amides is 1. The third-order valence-corrected chi connectivity index (χ3v) is 3.62. The summed E-state index contributed by atoms with van der Waals surface area (Å²) in [6.45, 7) is 1.73. The minimum absolute atomic E-state index is 0.0220. The molecular weight excluding hydrogens is 288 g/mol. The fourth-order valence-corrected chi connectivity index (χ4v) is 2.47. The first-order valence-corrected chi connectivity index (χ1v) is 7.20. The van der Waals surface area contributed by atoms with E-state index in [-0.39, 0.29) is 25.5 Å². The lowest BCUT2D eigenvalue weighted by atomic mass is 10.1. The monoisotopic (exact) mass is 308 g/mol. The molecule has 1 saturated heterocycles. The number of carbonyl (C=O) groups excluding carboxylic acids is 1. The molecule has 2 N–H and O–H groups in total. The van der Waals surface area contributed by atoms with E-state index in [2.05, 4.69) is 9.97 Å². The van der Waals surface area contributed by atoms with Crippen LogP contribution in [0.25, 0.3) is 0 Å². The molecule has 8 nitrogen and oxygen atoms in total. The number of aliphatic hydroxyl groups excluding tert-OH is 1. The van der Waals surface area contributed by atoms with Crippen molar-refractivity contribution in [2.75, 3.05) is 32.8 Å². The molecule has 1 aliphatic rings. The van der Waals surface area contributed by atoms with Gasteiger partial charge in [0.1, 0.15) is 5.82 Å². The highest BCUT2D eigenvalue weighted by atomic mass is 16.4. The van der Waals surface area contributed by atoms with Gasteiger partial charge in [-0.25, -0.2) is 9.97 Å². The van der Waals surface area contributed by atoms with E-state index in [1.54, 1.807) is 18.5 Å². The Kier molecular flexibility index (Phi) is 5.79. The largest absolute Gasteiger partial charge is 0.481 e. The summed E-state index contributed by atoms with van der Waals surface area (Å²) in [5.41, 5.74) is 0. The van der Waals surface area contributed by atoms with Crippen LogP contribution >= 0.6 is 0 Å². The average molecular weight is 308 g/mol. The molecule has 0 radical (unpaired) electrons. The molecule has 0 bridgehead atoms. The van der Waals surface area contributed by atoms with E-state index in [4.69, 9.17) is 5.11 Å². The highest BCUT2D eigenvalue weighted by Crippen LogP contribution is 2.13. The summed E-state index contributed by atoms with van der Waals surface area (Å²) in [5.74, 6) is -1.18. The van der Waals surface area contributed by atoms with Crippen LogP contribution in [-0.4, -0.2) is 74.6 Å². The van der Waals surface area contributed by atoms with Crippen molar-refractivity contribution in [3.05, 3.63) is 24.3 Å². The zero-order valence-electron chi connectivity index (χ0n) is 12.3. The van der Waals surface area contributed by atoms with Gasteiger partial charge in [-0.05, 0) is 6.07 Å². The van der Waals surface area contributed by atoms with E-state index in [0.717, 1.165) is 0 Å². The maximum absolute atomic E-state index is 11.9. The van der Waals surface area contributed by atoms with Crippen molar-refractivity contribution < 1.29 is 19.8 Å². The number of carboxylic acids is 1. The van der Waals surface area contributed by atoms with Gasteiger partial charge in [0.25, 0.3) is 0 Å². The Morgan fingerprint density at radius 2 is 1.95 bits per heavy atom. The number of aliphatic hydroxyl groups is 1. The van der Waals surface area contributed by atoms with Crippen molar-refractivity contribution >= 4 is 11.9 Å². The van der Waals surface area contributed by atoms with Crippen molar-refractivity contribution in [3.63, 3.8) is 0 Å². The van der Waals surface area contributed by atoms with Gasteiger partial charge in [-0.2, -0.15) is 0 Å². The number of aromatic nitrogens is 2. The zero-order chi connectivity index (χ0) is 15.9. The molecule has 0 spiro atoms. The van der Waals surface area contributed by atoms with Gasteiger partial charge in [0, 0.05) is 45.0 Å². The third kappa shape index (κ3) is 4.47. The molecule has 2 heterocycles. The Bertz CT molecular complexity index is 511. The van der Waals surface area contributed by atoms with Crippen LogP contribution < -0.4 is 0 Å². The fraction of sp³-hybridized carbons (Fsp3) is 0.571. The van der Waals surface area contributed by atoms with Gasteiger partial charge in [-0.3, -0.25) is 14.5 Å². The predicted molar refractivity (Wildman–Crippen MR) is 76.7 cm³/mol. The van der Waals surface area contributed by atoms with Crippen LogP contribution in [0.5, 0.6) is 0 Å². The van der Waals surface area contributed by atoms with Crippen LogP contribution in [0.4, 0.5) is 0 Å². The third-order valence-electron chi connectivity index (χ3n) is 3.62. The van der Waals surface area contributed by atoms with E-state index in [9.17, 15) is 14.7 Å². The maximum atomic E-state index is 11.9. The molecule has 0 unspecified atom stereocenters. The van der Waals surface area contributed by atoms with Crippen molar-refractivity contribution in [2.24, 2.45) is 5.92 Å². The molecule has 1 aliphatic heterocycles. The highest BCUT2D eigenvalue weighted by Gasteiger charge is 2.29. The molecule has 0 aliphatic carbocycles. The number of aliphatic carboxylic acids is 1. The van der Waals surface area contributed by atoms with Crippen molar-refractivity contribution in [2.45, 2.75) is 13.0 Å². The Balaban J connectivity index is 2.05. The number of hydrogen-bond donors (Lipinski definition) is 2. The van der Waals surface area contributed by atoms with Crippen LogP contribution in [0.1, 0.15) is 12.2 Å². The van der Waals surface area contributed by atoms with E-state index in [1.165, 1.54) is 4.90 Å². The van der Waals surface area contributed by atoms with Gasteiger partial charge in [-0.1, -0.05) is 0 Å². The van der Waals surface area contributed by atoms with E-state index >= 15 is 0 Å². The second-order valence-corrected chi connectivity index (χ2v) is 5.25. The molecule has 1 fully saturated rings. The summed E-state index contributed by atoms with van der Waals surface area (Å²) >= 11 is 0. The SMILES string of the molecule is O=C(O)[C@@H]1CN(Cc2ncccn2)CCN(C(=O)CCO)C1. The molecule has 8 heteroatoms. The number of nitrogens with zero attached hydrogens (tertiary/aromatic N) is 4. The first-order valence-electron chi connectivity index (χ1n) is 7.20. The molecule has 120 valence electrons. The van der Waals surface area contributed by atoms with Gasteiger partial charge in [0.2, 0.25) is 5.91 Å². The zero-order valence-corrected chi connectivity index (χ0v) is 12.3. The molecule has 0 aromatic carbocycles. The van der Waals surface area contributed by atoms with Gasteiger partial charge in [0.05, 0.1) is 19.1 Å². The highest BCUT2D eigenvalue weighted by molar-refractivity contribution is 5.78. The first kappa shape index (κ1) is 16.3. The molecule has 1 aromatic heterocycles. The summed E-state index contributed by atoms with van der Waals surface area (Å²) in [6.07, 6.45) is 3.31. The van der Waals surface area contributed by atoms with Crippen LogP contribution in [0, 0.1) is 5.92 Å². The summed E-state index contributed by atoms with van der Waals surface area (Å²) in [4.78, 5) is 35.0. The quantitative estimate of drug-likeness (QED) is 0.733. The van der Waals surface area contributed by atoms with Crippen molar-refractivity contribution in [1.29, 1.82) is 0 Å². The van der Waals surface area contributed by atoms with E-state index in [0.29, 0.717) is 32.0 Å². The lowest BCUT2D eigenvalue weighted by Gasteiger charge is -2.21. The number of carboxylic acid groups (broad SMARTS) is 1. The molecule has 1 atom stereocenters. The first-order chi connectivity index (χ1) is 10.6. The Morgan fingerprint density at radius 1 is 1.23 bits per heavy atom. The maximum Gasteiger partial charge on any atom is 0.309 e. The van der Waals surface area contributed by atoms with E-state index < -0.39 is 11.9 Å². The van der Waals surface area contributed by atoms with Gasteiger partial charge in [0.15, 0.2) is 0 Å². The Labute approximate surface area is 128 Å². The van der Waals surface area contributed by atoms with Crippen LogP contribution in [0.2, 0.25) is 0 Å². The molecule has 2 rings (SSSR count). The normalized spacial score (nSPS) is 19.7. The second kappa shape index (κ2) is 7.81. The molecule has 1 aromatic rings. The second-order valence-electron chi connectivity index (χ2n) is 5.25. The molecular formula is C14H20N4O4. The smallest absolute Gasteiger partial charge is 0.309 e. The predicted octanol–water partition coefficient (Wildman–Crippen LogP) is -0.796. The lowest BCUT2D eigenvalue weighted by molar-refractivity contribution is -0.143. The number of rotatable bonds is 5. The summed E-state index contributed by atoms with van der Waals surface area (Å²) in [5, 5.41) is 18.2. The summed E-state index contributed by atoms with van der Waals surface area (Å²) in [7, 11) is 0. The topological polar surface area (TPSA) is 107 Å². The summed E-state index contributed by atoms with van der Waals surface area (Å²) < 4.78 is 0. The molecule has 1 amide bonds. The molecule has 0 saturated carbocycles. The van der Waals surface area contributed by atoms with Gasteiger partial charge in [-0.15, -0.1) is 0 Å². The summed E-state index contributed by atoms with van der Waals surface area (Å²) in [6, 6.07) is 1.72. The van der Waals surface area contributed by atoms with Crippen LogP contribution in [0.3, 0.4) is 0 Å². The van der Waals surface area contributed by atoms with Gasteiger partial charge >= 0.3 is 5.97 Å². The standard InChI is InChI=1S/C14H20N4O4/c19-7-2-13(20)18-6-5-17(8-11(9-18)14(21)22)10-12-15-3-1-4-16-12/h1,3-4,11,19H,2,5-10H2,(H,21,22)/t11-/m1/s1. The Hall–Kier alpha value is -2.06. The number of carbonyl (C=O) groups is 2. The lowest BCUT2D eigenvalue weighted by Crippen LogP contribution is -2.38. The minimum atomic E-state index is -0.928. The average Bonchev–Trinajstić information content (AvgIpc) is 2.71. The number of hydrogen-bond acceptors (Lipinski definition) is 6.